The molecular weight excluding hydrogens is 445 g/mol. The molecule has 6 nitrogen and oxygen atoms in total. The number of thiophene rings is 1. The Labute approximate surface area is 185 Å². The van der Waals surface area contributed by atoms with Crippen molar-refractivity contribution in [2.24, 2.45) is 0 Å². The Kier molecular flexibility index (Phi) is 8.10. The minimum Gasteiger partial charge on any atom is -0.272 e. The number of carbonyl (C=O) groups is 2. The van der Waals surface area contributed by atoms with Crippen LogP contribution in [0.5, 0.6) is 0 Å². The highest BCUT2D eigenvalue weighted by Crippen LogP contribution is 2.30. The molecule has 10 heteroatoms. The molecule has 2 amide bonds. The van der Waals surface area contributed by atoms with Crippen molar-refractivity contribution in [2.75, 3.05) is 5.75 Å². The van der Waals surface area contributed by atoms with Gasteiger partial charge in [0, 0.05) is 5.75 Å². The molecule has 0 aliphatic heterocycles. The predicted octanol–water partition coefficient (Wildman–Crippen LogP) is 4.57. The van der Waals surface area contributed by atoms with E-state index in [0.29, 0.717) is 10.8 Å². The van der Waals surface area contributed by atoms with Gasteiger partial charge in [0.1, 0.15) is 0 Å². The lowest BCUT2D eigenvalue weighted by Crippen LogP contribution is -2.42. The van der Waals surface area contributed by atoms with Crippen LogP contribution in [0.4, 0.5) is 0 Å². The smallest absolute Gasteiger partial charge is 0.272 e. The van der Waals surface area contributed by atoms with Crippen molar-refractivity contribution in [2.45, 2.75) is 34.2 Å². The van der Waals surface area contributed by atoms with E-state index in [4.69, 9.17) is 0 Å². The van der Waals surface area contributed by atoms with Crippen LogP contribution in [0.3, 0.4) is 0 Å². The Hall–Kier alpha value is -1.88. The van der Waals surface area contributed by atoms with E-state index in [1.807, 2.05) is 0 Å². The van der Waals surface area contributed by atoms with Crippen molar-refractivity contribution in [1.29, 1.82) is 0 Å². The van der Waals surface area contributed by atoms with E-state index in [9.17, 15) is 9.59 Å². The summed E-state index contributed by atoms with van der Waals surface area (Å²) in [5.74, 6) is 0.887. The molecule has 0 saturated carbocycles. The average molecular weight is 465 g/mol. The zero-order chi connectivity index (χ0) is 20.6. The lowest BCUT2D eigenvalue weighted by molar-refractivity contribution is -0.119. The molecule has 2 N–H and O–H groups in total. The van der Waals surface area contributed by atoms with E-state index in [1.54, 1.807) is 29.3 Å². The lowest BCUT2D eigenvalue weighted by atomic mass is 10.0. The number of amides is 2. The summed E-state index contributed by atoms with van der Waals surface area (Å²) >= 11 is 5.70. The molecule has 0 atom stereocenters. The van der Waals surface area contributed by atoms with Gasteiger partial charge in [0.05, 0.1) is 10.6 Å². The second-order valence-corrected chi connectivity index (χ2v) is 10.7. The van der Waals surface area contributed by atoms with Crippen molar-refractivity contribution >= 4 is 58.0 Å². The number of benzene rings is 1. The molecule has 3 rings (SSSR count). The summed E-state index contributed by atoms with van der Waals surface area (Å²) < 4.78 is 1.59. The second kappa shape index (κ2) is 10.8. The third kappa shape index (κ3) is 6.84. The van der Waals surface area contributed by atoms with Gasteiger partial charge in [0.2, 0.25) is 5.91 Å². The SMILES string of the molecule is CC(C)c1ccc(CSc2nnc(SCC(=O)NNC(=O)c3cccs3)s2)cc1. The van der Waals surface area contributed by atoms with Crippen LogP contribution < -0.4 is 10.9 Å². The molecule has 2 heterocycles. The van der Waals surface area contributed by atoms with Crippen molar-refractivity contribution in [1.82, 2.24) is 21.0 Å². The summed E-state index contributed by atoms with van der Waals surface area (Å²) in [6.07, 6.45) is 0. The van der Waals surface area contributed by atoms with Crippen LogP contribution in [0, 0.1) is 0 Å². The molecule has 0 radical (unpaired) electrons. The Morgan fingerprint density at radius 2 is 1.76 bits per heavy atom. The van der Waals surface area contributed by atoms with Gasteiger partial charge in [0.25, 0.3) is 5.91 Å². The molecule has 0 bridgehead atoms. The highest BCUT2D eigenvalue weighted by Gasteiger charge is 2.11. The topological polar surface area (TPSA) is 84.0 Å². The first-order valence-electron chi connectivity index (χ1n) is 8.82. The van der Waals surface area contributed by atoms with Gasteiger partial charge in [-0.3, -0.25) is 20.4 Å². The quantitative estimate of drug-likeness (QED) is 0.375. The van der Waals surface area contributed by atoms with E-state index in [1.165, 1.54) is 45.6 Å². The molecule has 0 aliphatic carbocycles. The number of nitrogens with one attached hydrogen (secondary N) is 2. The van der Waals surface area contributed by atoms with Gasteiger partial charge in [-0.15, -0.1) is 21.5 Å². The number of thioether (sulfide) groups is 2. The molecule has 2 aromatic heterocycles. The van der Waals surface area contributed by atoms with Crippen LogP contribution in [0.1, 0.15) is 40.6 Å². The number of aromatic nitrogens is 2. The molecule has 0 aliphatic rings. The molecule has 0 fully saturated rings. The van der Waals surface area contributed by atoms with E-state index in [0.717, 1.165) is 14.4 Å². The van der Waals surface area contributed by atoms with Crippen molar-refractivity contribution in [3.05, 3.63) is 57.8 Å². The van der Waals surface area contributed by atoms with Gasteiger partial charge in [-0.05, 0) is 28.5 Å². The largest absolute Gasteiger partial charge is 0.279 e. The van der Waals surface area contributed by atoms with E-state index in [-0.39, 0.29) is 17.6 Å². The monoisotopic (exact) mass is 464 g/mol. The number of carbonyl (C=O) groups excluding carboxylic acids is 2. The van der Waals surface area contributed by atoms with Gasteiger partial charge in [-0.2, -0.15) is 0 Å². The molecule has 3 aromatic rings. The van der Waals surface area contributed by atoms with Crippen LogP contribution in [-0.4, -0.2) is 27.8 Å². The lowest BCUT2D eigenvalue weighted by Gasteiger charge is -2.06. The molecule has 0 unspecified atom stereocenters. The van der Waals surface area contributed by atoms with E-state index < -0.39 is 0 Å². The zero-order valence-corrected chi connectivity index (χ0v) is 19.1. The van der Waals surface area contributed by atoms with Crippen molar-refractivity contribution < 1.29 is 9.59 Å². The minimum absolute atomic E-state index is 0.153. The van der Waals surface area contributed by atoms with E-state index >= 15 is 0 Å². The second-order valence-electron chi connectivity index (χ2n) is 6.29. The molecule has 0 saturated heterocycles. The predicted molar refractivity (Wildman–Crippen MR) is 121 cm³/mol. The highest BCUT2D eigenvalue weighted by atomic mass is 32.2. The fraction of sp³-hybridized carbons (Fsp3) is 0.263. The maximum atomic E-state index is 11.9. The molecule has 1 aromatic carbocycles. The minimum atomic E-state index is -0.325. The summed E-state index contributed by atoms with van der Waals surface area (Å²) in [7, 11) is 0. The summed E-state index contributed by atoms with van der Waals surface area (Å²) in [4.78, 5) is 24.2. The molecule has 29 heavy (non-hydrogen) atoms. The first kappa shape index (κ1) is 21.8. The summed E-state index contributed by atoms with van der Waals surface area (Å²) in [5.41, 5.74) is 7.37. The fourth-order valence-corrected chi connectivity index (χ4v) is 5.61. The number of hydrogen-bond acceptors (Lipinski definition) is 8. The van der Waals surface area contributed by atoms with Gasteiger partial charge in [-0.25, -0.2) is 0 Å². The zero-order valence-electron chi connectivity index (χ0n) is 15.9. The Bertz CT molecular complexity index is 940. The van der Waals surface area contributed by atoms with Crippen molar-refractivity contribution in [3.63, 3.8) is 0 Å². The number of nitrogens with zero attached hydrogens (tertiary/aromatic N) is 2. The third-order valence-electron chi connectivity index (χ3n) is 3.78. The van der Waals surface area contributed by atoms with Gasteiger partial charge < -0.3 is 0 Å². The molecular formula is C19H20N4O2S4. The van der Waals surface area contributed by atoms with Gasteiger partial charge >= 0.3 is 0 Å². The first-order valence-corrected chi connectivity index (χ1v) is 12.5. The maximum Gasteiger partial charge on any atom is 0.279 e. The average Bonchev–Trinajstić information content (AvgIpc) is 3.41. The standard InChI is InChI=1S/C19H20N4O2S4/c1-12(2)14-7-5-13(6-8-14)10-27-18-22-23-19(29-18)28-11-16(24)20-21-17(25)15-4-3-9-26-15/h3-9,12H,10-11H2,1-2H3,(H,20,24)(H,21,25). The third-order valence-corrected chi connectivity index (χ3v) is 7.91. The summed E-state index contributed by atoms with van der Waals surface area (Å²) in [6.45, 7) is 4.37. The normalized spacial score (nSPS) is 10.9. The first-order chi connectivity index (χ1) is 14.0. The summed E-state index contributed by atoms with van der Waals surface area (Å²) in [6, 6.07) is 12.1. The van der Waals surface area contributed by atoms with Crippen LogP contribution in [0.15, 0.2) is 50.5 Å². The molecule has 152 valence electrons. The Morgan fingerprint density at radius 1 is 1.03 bits per heavy atom. The summed E-state index contributed by atoms with van der Waals surface area (Å²) in [5, 5.41) is 10.1. The number of hydrazine groups is 1. The van der Waals surface area contributed by atoms with Gasteiger partial charge in [0.15, 0.2) is 8.68 Å². The van der Waals surface area contributed by atoms with Gasteiger partial charge in [-0.1, -0.05) is 79.0 Å². The van der Waals surface area contributed by atoms with Crippen LogP contribution in [0.25, 0.3) is 0 Å². The fourth-order valence-electron chi connectivity index (χ4n) is 2.22. The number of rotatable bonds is 8. The van der Waals surface area contributed by atoms with E-state index in [2.05, 4.69) is 59.2 Å². The van der Waals surface area contributed by atoms with Crippen LogP contribution in [-0.2, 0) is 10.5 Å². The van der Waals surface area contributed by atoms with Crippen molar-refractivity contribution in [3.8, 4) is 0 Å². The van der Waals surface area contributed by atoms with Crippen LogP contribution in [0.2, 0.25) is 0 Å². The Morgan fingerprint density at radius 3 is 2.41 bits per heavy atom. The van der Waals surface area contributed by atoms with Crippen LogP contribution >= 0.6 is 46.2 Å². The molecule has 0 spiro atoms. The number of hydrogen-bond donors (Lipinski definition) is 2. The highest BCUT2D eigenvalue weighted by molar-refractivity contribution is 8.03. The maximum absolute atomic E-state index is 11.9. The Balaban J connectivity index is 1.39.